The van der Waals surface area contributed by atoms with Crippen molar-refractivity contribution in [2.45, 2.75) is 0 Å². The molecule has 0 N–H and O–H groups in total. The Morgan fingerprint density at radius 3 is 2.36 bits per heavy atom. The number of hydrogen-bond donors (Lipinski definition) is 0. The van der Waals surface area contributed by atoms with Crippen LogP contribution in [0, 0.1) is 0 Å². The first-order valence-corrected chi connectivity index (χ1v) is 3.74. The average molecular weight is 259 g/mol. The molecule has 2 heteroatoms. The van der Waals surface area contributed by atoms with Gasteiger partial charge >= 0.3 is 0 Å². The third kappa shape index (κ3) is 4.37. The van der Waals surface area contributed by atoms with Crippen molar-refractivity contribution in [2.24, 2.45) is 0 Å². The van der Waals surface area contributed by atoms with Crippen LogP contribution in [0.5, 0.6) is 0 Å². The van der Waals surface area contributed by atoms with Gasteiger partial charge in [-0.15, -0.1) is 11.6 Å². The zero-order chi connectivity index (χ0) is 7.23. The Bertz CT molecular complexity index is 206. The molecule has 11 heavy (non-hydrogen) atoms. The summed E-state index contributed by atoms with van der Waals surface area (Å²) >= 11 is 5.46. The van der Waals surface area contributed by atoms with Crippen molar-refractivity contribution in [3.63, 3.8) is 0 Å². The summed E-state index contributed by atoms with van der Waals surface area (Å²) in [6, 6.07) is 10.1. The van der Waals surface area contributed by atoms with Gasteiger partial charge in [0.05, 0.1) is 0 Å². The zero-order valence-corrected chi connectivity index (χ0v) is 8.25. The molecule has 0 saturated carbocycles. The Kier molecular flexibility index (Phi) is 6.56. The first-order valence-electron chi connectivity index (χ1n) is 3.21. The fraction of sp³-hybridized carbons (Fsp3) is 0.111. The molecule has 0 aliphatic carbocycles. The van der Waals surface area contributed by atoms with Gasteiger partial charge in [-0.25, -0.2) is 0 Å². The van der Waals surface area contributed by atoms with Gasteiger partial charge in [0.25, 0.3) is 0 Å². The molecule has 0 nitrogen and oxygen atoms in total. The topological polar surface area (TPSA) is 0 Å². The molecule has 0 radical (unpaired) electrons. The minimum absolute atomic E-state index is 0. The predicted octanol–water partition coefficient (Wildman–Crippen LogP) is 2.94. The van der Waals surface area contributed by atoms with E-state index >= 15 is 0 Å². The van der Waals surface area contributed by atoms with Crippen LogP contribution in [0.25, 0.3) is 6.08 Å². The van der Waals surface area contributed by atoms with E-state index in [1.807, 2.05) is 42.5 Å². The van der Waals surface area contributed by atoms with Gasteiger partial charge in [-0.2, -0.15) is 0 Å². The number of hydrogen-bond acceptors (Lipinski definition) is 0. The molecule has 1 aromatic carbocycles. The fourth-order valence-corrected chi connectivity index (χ4v) is 0.834. The summed E-state index contributed by atoms with van der Waals surface area (Å²) in [4.78, 5) is 0. The van der Waals surface area contributed by atoms with Crippen LogP contribution in [0.2, 0.25) is 0 Å². The molecule has 0 spiro atoms. The standard InChI is InChI=1S/C9H9Cl.Pd/c10-8-4-7-9-5-2-1-3-6-9;/h1-7H,8H2;. The summed E-state index contributed by atoms with van der Waals surface area (Å²) in [6.07, 6.45) is 3.93. The number of alkyl halides is 1. The molecule has 0 aromatic heterocycles. The van der Waals surface area contributed by atoms with Gasteiger partial charge in [-0.05, 0) is 5.56 Å². The van der Waals surface area contributed by atoms with E-state index < -0.39 is 0 Å². The maximum Gasteiger partial charge on any atom is 0.0407 e. The smallest absolute Gasteiger partial charge is 0.0407 e. The second-order valence-corrected chi connectivity index (χ2v) is 2.28. The Balaban J connectivity index is 0.000001000. The van der Waals surface area contributed by atoms with Gasteiger partial charge < -0.3 is 0 Å². The second kappa shape index (κ2) is 6.61. The monoisotopic (exact) mass is 258 g/mol. The second-order valence-electron chi connectivity index (χ2n) is 1.97. The van der Waals surface area contributed by atoms with Crippen molar-refractivity contribution in [1.29, 1.82) is 0 Å². The molecular formula is C9H9ClPd. The normalized spacial score (nSPS) is 9.55. The molecule has 0 aliphatic heterocycles. The molecule has 0 aliphatic rings. The van der Waals surface area contributed by atoms with E-state index in [1.165, 1.54) is 5.56 Å². The van der Waals surface area contributed by atoms with Crippen LogP contribution < -0.4 is 0 Å². The summed E-state index contributed by atoms with van der Waals surface area (Å²) in [5, 5.41) is 0. The number of benzene rings is 1. The first kappa shape index (κ1) is 10.9. The van der Waals surface area contributed by atoms with Crippen molar-refractivity contribution in [3.8, 4) is 0 Å². The van der Waals surface area contributed by atoms with E-state index in [0.29, 0.717) is 5.88 Å². The van der Waals surface area contributed by atoms with E-state index in [0.717, 1.165) is 0 Å². The predicted molar refractivity (Wildman–Crippen MR) is 46.2 cm³/mol. The van der Waals surface area contributed by atoms with E-state index in [4.69, 9.17) is 11.6 Å². The van der Waals surface area contributed by atoms with Gasteiger partial charge in [0.1, 0.15) is 0 Å². The maximum absolute atomic E-state index is 5.46. The molecule has 1 rings (SSSR count). The molecule has 0 saturated heterocycles. The van der Waals surface area contributed by atoms with Crippen LogP contribution >= 0.6 is 11.6 Å². The van der Waals surface area contributed by atoms with Gasteiger partial charge in [-0.3, -0.25) is 0 Å². The van der Waals surface area contributed by atoms with Crippen LogP contribution in [0.4, 0.5) is 0 Å². The van der Waals surface area contributed by atoms with E-state index in [2.05, 4.69) is 0 Å². The summed E-state index contributed by atoms with van der Waals surface area (Å²) in [5.41, 5.74) is 1.20. The SMILES string of the molecule is ClCC=Cc1ccccc1.[Pd]. The van der Waals surface area contributed by atoms with Crippen molar-refractivity contribution in [1.82, 2.24) is 0 Å². The van der Waals surface area contributed by atoms with Crippen molar-refractivity contribution in [3.05, 3.63) is 42.0 Å². The van der Waals surface area contributed by atoms with Gasteiger partial charge in [0.15, 0.2) is 0 Å². The third-order valence-corrected chi connectivity index (χ3v) is 1.38. The van der Waals surface area contributed by atoms with Crippen LogP contribution in [-0.2, 0) is 20.4 Å². The number of halogens is 1. The largest absolute Gasteiger partial charge is 0.122 e. The molecule has 0 fully saturated rings. The molecule has 1 aromatic rings. The van der Waals surface area contributed by atoms with Gasteiger partial charge in [-0.1, -0.05) is 42.5 Å². The van der Waals surface area contributed by atoms with Crippen LogP contribution in [0.15, 0.2) is 36.4 Å². The summed E-state index contributed by atoms with van der Waals surface area (Å²) in [6.45, 7) is 0. The zero-order valence-electron chi connectivity index (χ0n) is 5.94. The molecular weight excluding hydrogens is 250 g/mol. The third-order valence-electron chi connectivity index (χ3n) is 1.20. The number of allylic oxidation sites excluding steroid dienone is 1. The Labute approximate surface area is 85.9 Å². The average Bonchev–Trinajstić information content (AvgIpc) is 2.03. The summed E-state index contributed by atoms with van der Waals surface area (Å²) in [5.74, 6) is 0.578. The van der Waals surface area contributed by atoms with Crippen LogP contribution in [0.3, 0.4) is 0 Å². The van der Waals surface area contributed by atoms with Gasteiger partial charge in [0.2, 0.25) is 0 Å². The molecule has 0 heterocycles. The molecule has 0 bridgehead atoms. The summed E-state index contributed by atoms with van der Waals surface area (Å²) in [7, 11) is 0. The van der Waals surface area contributed by atoms with Crippen LogP contribution in [0.1, 0.15) is 5.56 Å². The van der Waals surface area contributed by atoms with E-state index in [-0.39, 0.29) is 20.4 Å². The summed E-state index contributed by atoms with van der Waals surface area (Å²) < 4.78 is 0. The van der Waals surface area contributed by atoms with E-state index in [9.17, 15) is 0 Å². The fourth-order valence-electron chi connectivity index (χ4n) is 0.745. The van der Waals surface area contributed by atoms with Crippen molar-refractivity contribution >= 4 is 17.7 Å². The minimum atomic E-state index is 0. The minimum Gasteiger partial charge on any atom is -0.122 e. The Hall–Kier alpha value is -0.0877. The molecule has 0 amide bonds. The molecule has 0 atom stereocenters. The number of rotatable bonds is 2. The maximum atomic E-state index is 5.46. The van der Waals surface area contributed by atoms with E-state index in [1.54, 1.807) is 0 Å². The van der Waals surface area contributed by atoms with Crippen molar-refractivity contribution in [2.75, 3.05) is 5.88 Å². The molecule has 0 unspecified atom stereocenters. The van der Waals surface area contributed by atoms with Gasteiger partial charge in [0, 0.05) is 26.3 Å². The van der Waals surface area contributed by atoms with Crippen LogP contribution in [-0.4, -0.2) is 5.88 Å². The first-order chi connectivity index (χ1) is 4.93. The molecule has 62 valence electrons. The Morgan fingerprint density at radius 1 is 1.18 bits per heavy atom. The van der Waals surface area contributed by atoms with Crippen molar-refractivity contribution < 1.29 is 20.4 Å². The Morgan fingerprint density at radius 2 is 1.82 bits per heavy atom. The quantitative estimate of drug-likeness (QED) is 0.565.